The van der Waals surface area contributed by atoms with Crippen molar-refractivity contribution in [2.45, 2.75) is 6.92 Å². The maximum absolute atomic E-state index is 6.02. The van der Waals surface area contributed by atoms with E-state index in [0.29, 0.717) is 16.6 Å². The molecule has 5 rings (SSSR count). The van der Waals surface area contributed by atoms with Crippen molar-refractivity contribution in [1.82, 2.24) is 19.6 Å². The Balaban J connectivity index is 1.43. The fourth-order valence-corrected chi connectivity index (χ4v) is 4.11. The predicted molar refractivity (Wildman–Crippen MR) is 123 cm³/mol. The summed E-state index contributed by atoms with van der Waals surface area (Å²) in [7, 11) is 1.72. The van der Waals surface area contributed by atoms with Gasteiger partial charge in [-0.2, -0.15) is 9.50 Å². The van der Waals surface area contributed by atoms with E-state index in [4.69, 9.17) is 21.4 Å². The van der Waals surface area contributed by atoms with E-state index in [9.17, 15) is 0 Å². The first-order valence-electron chi connectivity index (χ1n) is 10.3. The number of benzene rings is 2. The van der Waals surface area contributed by atoms with Gasteiger partial charge in [0, 0.05) is 48.5 Å². The molecule has 1 aliphatic rings. The minimum absolute atomic E-state index is 0.604. The Labute approximate surface area is 185 Å². The molecule has 0 radical (unpaired) electrons. The van der Waals surface area contributed by atoms with Crippen molar-refractivity contribution in [3.05, 3.63) is 65.3 Å². The topological polar surface area (TPSA) is 58.8 Å². The van der Waals surface area contributed by atoms with Crippen LogP contribution in [0.25, 0.3) is 17.2 Å². The number of methoxy groups -OCH3 is 1. The van der Waals surface area contributed by atoms with E-state index in [2.05, 4.69) is 31.9 Å². The summed E-state index contributed by atoms with van der Waals surface area (Å²) in [6.45, 7) is 5.51. The third kappa shape index (κ3) is 3.77. The zero-order chi connectivity index (χ0) is 21.4. The third-order valence-electron chi connectivity index (χ3n) is 5.55. The largest absolute Gasteiger partial charge is 0.495 e. The maximum atomic E-state index is 6.02. The minimum Gasteiger partial charge on any atom is -0.495 e. The summed E-state index contributed by atoms with van der Waals surface area (Å²) in [6.07, 6.45) is 0. The molecular weight excluding hydrogens is 412 g/mol. The molecule has 0 bridgehead atoms. The maximum Gasteiger partial charge on any atom is 0.254 e. The molecule has 7 nitrogen and oxygen atoms in total. The number of halogens is 1. The molecule has 2 aromatic carbocycles. The lowest BCUT2D eigenvalue weighted by molar-refractivity contribution is 0.413. The molecule has 2 aromatic heterocycles. The van der Waals surface area contributed by atoms with Crippen LogP contribution in [0.2, 0.25) is 5.02 Å². The van der Waals surface area contributed by atoms with Gasteiger partial charge < -0.3 is 14.5 Å². The van der Waals surface area contributed by atoms with Gasteiger partial charge >= 0.3 is 0 Å². The second-order valence-electron chi connectivity index (χ2n) is 7.56. The number of hydrogen-bond donors (Lipinski definition) is 0. The summed E-state index contributed by atoms with van der Waals surface area (Å²) in [5.41, 5.74) is 2.97. The van der Waals surface area contributed by atoms with E-state index >= 15 is 0 Å². The average Bonchev–Trinajstić information content (AvgIpc) is 3.23. The van der Waals surface area contributed by atoms with Gasteiger partial charge in [-0.1, -0.05) is 23.7 Å². The molecule has 0 atom stereocenters. The van der Waals surface area contributed by atoms with E-state index in [0.717, 1.165) is 54.7 Å². The number of aryl methyl sites for hydroxylation is 1. The van der Waals surface area contributed by atoms with Crippen LogP contribution in [0.5, 0.6) is 5.75 Å². The highest BCUT2D eigenvalue weighted by Crippen LogP contribution is 2.29. The Morgan fingerprint density at radius 3 is 2.35 bits per heavy atom. The van der Waals surface area contributed by atoms with E-state index in [1.54, 1.807) is 7.11 Å². The van der Waals surface area contributed by atoms with Crippen LogP contribution < -0.4 is 14.5 Å². The molecule has 0 spiro atoms. The van der Waals surface area contributed by atoms with Gasteiger partial charge in [-0.15, -0.1) is 5.10 Å². The second-order valence-corrected chi connectivity index (χ2v) is 7.99. The molecular formula is C23H23ClN6O. The van der Waals surface area contributed by atoms with Crippen molar-refractivity contribution in [3.63, 3.8) is 0 Å². The van der Waals surface area contributed by atoms with E-state index in [1.165, 1.54) is 0 Å². The lowest BCUT2D eigenvalue weighted by atomic mass is 10.2. The van der Waals surface area contributed by atoms with Gasteiger partial charge in [-0.25, -0.2) is 4.98 Å². The quantitative estimate of drug-likeness (QED) is 0.482. The summed E-state index contributed by atoms with van der Waals surface area (Å²) >= 11 is 6.02. The van der Waals surface area contributed by atoms with Crippen LogP contribution in [0.4, 0.5) is 11.5 Å². The Morgan fingerprint density at radius 1 is 0.903 bits per heavy atom. The van der Waals surface area contributed by atoms with Crippen LogP contribution >= 0.6 is 11.6 Å². The number of hydrogen-bond acceptors (Lipinski definition) is 6. The minimum atomic E-state index is 0.604. The Bertz CT molecular complexity index is 1210. The number of fused-ring (bicyclic) bond motifs is 1. The molecule has 0 amide bonds. The molecule has 0 aliphatic carbocycles. The lowest BCUT2D eigenvalue weighted by Gasteiger charge is -2.37. The van der Waals surface area contributed by atoms with Crippen LogP contribution in [-0.2, 0) is 0 Å². The van der Waals surface area contributed by atoms with Gasteiger partial charge in [-0.05, 0) is 43.3 Å². The van der Waals surface area contributed by atoms with Crippen LogP contribution in [0.1, 0.15) is 5.69 Å². The van der Waals surface area contributed by atoms with Gasteiger partial charge in [0.1, 0.15) is 11.6 Å². The normalized spacial score (nSPS) is 14.3. The van der Waals surface area contributed by atoms with Crippen molar-refractivity contribution in [1.29, 1.82) is 0 Å². The van der Waals surface area contributed by atoms with Gasteiger partial charge in [-0.3, -0.25) is 0 Å². The van der Waals surface area contributed by atoms with Gasteiger partial charge in [0.05, 0.1) is 12.8 Å². The molecule has 3 heterocycles. The highest BCUT2D eigenvalue weighted by molar-refractivity contribution is 6.30. The van der Waals surface area contributed by atoms with Crippen molar-refractivity contribution >= 4 is 28.9 Å². The van der Waals surface area contributed by atoms with Crippen molar-refractivity contribution in [2.75, 3.05) is 43.1 Å². The van der Waals surface area contributed by atoms with E-state index in [-0.39, 0.29) is 0 Å². The highest BCUT2D eigenvalue weighted by Gasteiger charge is 2.23. The zero-order valence-electron chi connectivity index (χ0n) is 17.5. The zero-order valence-corrected chi connectivity index (χ0v) is 18.3. The molecule has 1 saturated heterocycles. The summed E-state index contributed by atoms with van der Waals surface area (Å²) in [4.78, 5) is 14.0. The Morgan fingerprint density at radius 2 is 1.61 bits per heavy atom. The monoisotopic (exact) mass is 434 g/mol. The van der Waals surface area contributed by atoms with Crippen molar-refractivity contribution in [3.8, 4) is 17.1 Å². The predicted octanol–water partition coefficient (Wildman–Crippen LogP) is 4.09. The lowest BCUT2D eigenvalue weighted by Crippen LogP contribution is -2.47. The third-order valence-corrected chi connectivity index (χ3v) is 5.81. The number of aromatic nitrogens is 4. The van der Waals surface area contributed by atoms with Crippen molar-refractivity contribution in [2.24, 2.45) is 0 Å². The first kappa shape index (κ1) is 19.6. The number of nitrogens with zero attached hydrogens (tertiary/aromatic N) is 6. The number of para-hydroxylation sites is 2. The molecule has 31 heavy (non-hydrogen) atoms. The molecule has 0 saturated carbocycles. The molecule has 4 aromatic rings. The molecule has 0 N–H and O–H groups in total. The first-order valence-corrected chi connectivity index (χ1v) is 10.6. The summed E-state index contributed by atoms with van der Waals surface area (Å²) in [6, 6.07) is 17.8. The van der Waals surface area contributed by atoms with Crippen LogP contribution in [0.15, 0.2) is 54.6 Å². The molecule has 158 valence electrons. The summed E-state index contributed by atoms with van der Waals surface area (Å²) in [5, 5.41) is 5.45. The van der Waals surface area contributed by atoms with Crippen LogP contribution in [-0.4, -0.2) is 52.9 Å². The smallest absolute Gasteiger partial charge is 0.254 e. The highest BCUT2D eigenvalue weighted by atomic mass is 35.5. The summed E-state index contributed by atoms with van der Waals surface area (Å²) < 4.78 is 7.38. The SMILES string of the molecule is COc1ccccc1N1CCN(c2cc(C)nc3nc(-c4ccc(Cl)cc4)nn23)CC1. The summed E-state index contributed by atoms with van der Waals surface area (Å²) in [5.74, 6) is 3.16. The molecule has 0 unspecified atom stereocenters. The number of rotatable bonds is 4. The van der Waals surface area contributed by atoms with Crippen LogP contribution in [0.3, 0.4) is 0 Å². The molecule has 1 fully saturated rings. The number of piperazine rings is 1. The van der Waals surface area contributed by atoms with Crippen LogP contribution in [0, 0.1) is 6.92 Å². The molecule has 8 heteroatoms. The first-order chi connectivity index (χ1) is 15.1. The fourth-order valence-electron chi connectivity index (χ4n) is 3.98. The Hall–Kier alpha value is -3.32. The second kappa shape index (κ2) is 8.07. The average molecular weight is 435 g/mol. The Kier molecular flexibility index (Phi) is 5.11. The van der Waals surface area contributed by atoms with Gasteiger partial charge in [0.2, 0.25) is 0 Å². The van der Waals surface area contributed by atoms with Crippen molar-refractivity contribution < 1.29 is 4.74 Å². The van der Waals surface area contributed by atoms with Gasteiger partial charge in [0.25, 0.3) is 5.78 Å². The number of ether oxygens (including phenoxy) is 1. The molecule has 1 aliphatic heterocycles. The number of anilines is 2. The van der Waals surface area contributed by atoms with Gasteiger partial charge in [0.15, 0.2) is 5.82 Å². The standard InChI is InChI=1S/C23H23ClN6O/c1-16-15-21(29-13-11-28(12-14-29)19-5-3-4-6-20(19)31-2)30-23(25-16)26-22(27-30)17-7-9-18(24)10-8-17/h3-10,15H,11-14H2,1-2H3. The van der Waals surface area contributed by atoms with E-state index < -0.39 is 0 Å². The van der Waals surface area contributed by atoms with E-state index in [1.807, 2.05) is 53.9 Å². The fraction of sp³-hybridized carbons (Fsp3) is 0.261.